The first kappa shape index (κ1) is 16.9. The molecule has 1 aromatic heterocycles. The van der Waals surface area contributed by atoms with Crippen LogP contribution in [0.15, 0.2) is 36.9 Å². The highest BCUT2D eigenvalue weighted by atomic mass is 16.2. The number of amides is 2. The van der Waals surface area contributed by atoms with Crippen LogP contribution in [-0.4, -0.2) is 38.4 Å². The number of rotatable bonds is 5. The minimum Gasteiger partial charge on any atom is -0.348 e. The van der Waals surface area contributed by atoms with Gasteiger partial charge in [-0.1, -0.05) is 18.7 Å². The number of benzene rings is 1. The molecule has 0 spiro atoms. The lowest BCUT2D eigenvalue weighted by atomic mass is 10.1. The minimum absolute atomic E-state index is 0.0216. The molecule has 0 radical (unpaired) electrons. The molecule has 7 nitrogen and oxygen atoms in total. The van der Waals surface area contributed by atoms with E-state index in [2.05, 4.69) is 27.1 Å². The zero-order valence-electron chi connectivity index (χ0n) is 14.2. The molecular weight excluding hydrogens is 318 g/mol. The normalized spacial score (nSPS) is 16.7. The average molecular weight is 339 g/mol. The van der Waals surface area contributed by atoms with E-state index in [1.54, 1.807) is 12.1 Å². The zero-order chi connectivity index (χ0) is 17.8. The van der Waals surface area contributed by atoms with Gasteiger partial charge < -0.3 is 10.2 Å². The molecule has 1 fully saturated rings. The van der Waals surface area contributed by atoms with E-state index in [1.165, 1.54) is 6.08 Å². The van der Waals surface area contributed by atoms with Gasteiger partial charge in [-0.05, 0) is 43.5 Å². The van der Waals surface area contributed by atoms with Crippen LogP contribution in [0.25, 0.3) is 0 Å². The van der Waals surface area contributed by atoms with Crippen molar-refractivity contribution >= 4 is 11.8 Å². The summed E-state index contributed by atoms with van der Waals surface area (Å²) in [5.41, 5.74) is 1.55. The lowest BCUT2D eigenvalue weighted by molar-refractivity contribution is -0.116. The van der Waals surface area contributed by atoms with E-state index in [0.717, 1.165) is 24.2 Å². The molecule has 0 saturated carbocycles. The Morgan fingerprint density at radius 1 is 1.40 bits per heavy atom. The average Bonchev–Trinajstić information content (AvgIpc) is 3.28. The Balaban J connectivity index is 1.69. The molecule has 2 amide bonds. The summed E-state index contributed by atoms with van der Waals surface area (Å²) >= 11 is 0. The number of carbonyl (C=O) groups is 2. The first-order valence-corrected chi connectivity index (χ1v) is 8.27. The fraction of sp³-hybridized carbons (Fsp3) is 0.333. The van der Waals surface area contributed by atoms with Gasteiger partial charge in [0.1, 0.15) is 5.82 Å². The van der Waals surface area contributed by atoms with Gasteiger partial charge in [-0.15, -0.1) is 0 Å². The smallest absolute Gasteiger partial charge is 0.254 e. The van der Waals surface area contributed by atoms with Crippen LogP contribution in [0.3, 0.4) is 0 Å². The number of H-pyrrole nitrogens is 1. The van der Waals surface area contributed by atoms with Crippen LogP contribution in [0.5, 0.6) is 0 Å². The number of likely N-dealkylation sites (tertiary alicyclic amines) is 1. The maximum Gasteiger partial charge on any atom is 0.254 e. The van der Waals surface area contributed by atoms with Crippen molar-refractivity contribution in [2.24, 2.45) is 0 Å². The van der Waals surface area contributed by atoms with Crippen LogP contribution in [0.2, 0.25) is 0 Å². The highest BCUT2D eigenvalue weighted by Crippen LogP contribution is 2.31. The molecule has 2 N–H and O–H groups in total. The van der Waals surface area contributed by atoms with Crippen LogP contribution in [0, 0.1) is 6.92 Å². The molecule has 2 aromatic rings. The van der Waals surface area contributed by atoms with Crippen molar-refractivity contribution in [1.82, 2.24) is 25.4 Å². The van der Waals surface area contributed by atoms with E-state index in [4.69, 9.17) is 0 Å². The molecule has 1 aliphatic rings. The molecule has 25 heavy (non-hydrogen) atoms. The summed E-state index contributed by atoms with van der Waals surface area (Å²) in [5, 5.41) is 9.76. The van der Waals surface area contributed by atoms with Crippen LogP contribution >= 0.6 is 0 Å². The number of nitrogens with zero attached hydrogens (tertiary/aromatic N) is 3. The second-order valence-corrected chi connectivity index (χ2v) is 6.05. The summed E-state index contributed by atoms with van der Waals surface area (Å²) in [6.45, 7) is 6.37. The van der Waals surface area contributed by atoms with Gasteiger partial charge in [0.25, 0.3) is 5.91 Å². The Morgan fingerprint density at radius 2 is 2.16 bits per heavy atom. The SMILES string of the molecule is C=CC(=O)NCc1ccc(C(=O)N2CCC[C@@H]2c2n[nH]c(C)n2)cc1. The van der Waals surface area contributed by atoms with Crippen LogP contribution in [-0.2, 0) is 11.3 Å². The summed E-state index contributed by atoms with van der Waals surface area (Å²) in [7, 11) is 0. The number of aryl methyl sites for hydroxylation is 1. The molecule has 1 aliphatic heterocycles. The molecule has 2 heterocycles. The second-order valence-electron chi connectivity index (χ2n) is 6.05. The van der Waals surface area contributed by atoms with Gasteiger partial charge >= 0.3 is 0 Å². The van der Waals surface area contributed by atoms with Crippen molar-refractivity contribution in [2.45, 2.75) is 32.4 Å². The third-order valence-electron chi connectivity index (χ3n) is 4.28. The molecule has 1 aromatic carbocycles. The van der Waals surface area contributed by atoms with Gasteiger partial charge in [-0.3, -0.25) is 14.7 Å². The van der Waals surface area contributed by atoms with Gasteiger partial charge in [-0.2, -0.15) is 5.10 Å². The van der Waals surface area contributed by atoms with Crippen molar-refractivity contribution < 1.29 is 9.59 Å². The van der Waals surface area contributed by atoms with Gasteiger partial charge in [0.05, 0.1) is 6.04 Å². The third kappa shape index (κ3) is 3.76. The summed E-state index contributed by atoms with van der Waals surface area (Å²) < 4.78 is 0. The molecule has 0 bridgehead atoms. The van der Waals surface area contributed by atoms with E-state index in [9.17, 15) is 9.59 Å². The number of nitrogens with one attached hydrogen (secondary N) is 2. The Labute approximate surface area is 146 Å². The largest absolute Gasteiger partial charge is 0.348 e. The number of carbonyl (C=O) groups excluding carboxylic acids is 2. The van der Waals surface area contributed by atoms with Crippen molar-refractivity contribution in [1.29, 1.82) is 0 Å². The van der Waals surface area contributed by atoms with E-state index >= 15 is 0 Å². The number of hydrogen-bond acceptors (Lipinski definition) is 4. The van der Waals surface area contributed by atoms with Gasteiger partial charge in [-0.25, -0.2) is 4.98 Å². The molecule has 0 unspecified atom stereocenters. The van der Waals surface area contributed by atoms with Crippen LogP contribution < -0.4 is 5.32 Å². The molecule has 3 rings (SSSR count). The predicted molar refractivity (Wildman–Crippen MR) is 92.6 cm³/mol. The summed E-state index contributed by atoms with van der Waals surface area (Å²) in [5.74, 6) is 1.18. The standard InChI is InChI=1S/C18H21N5O2/c1-3-16(24)19-11-13-6-8-14(9-7-13)18(25)23-10-4-5-15(23)17-20-12(2)21-22-17/h3,6-9,15H,1,4-5,10-11H2,2H3,(H,19,24)(H,20,21,22)/t15-/m1/s1. The second kappa shape index (κ2) is 7.29. The van der Waals surface area contributed by atoms with E-state index in [-0.39, 0.29) is 17.9 Å². The number of hydrogen-bond donors (Lipinski definition) is 2. The van der Waals surface area contributed by atoms with Crippen molar-refractivity contribution in [3.8, 4) is 0 Å². The predicted octanol–water partition coefficient (Wildman–Crippen LogP) is 1.89. The van der Waals surface area contributed by atoms with Gasteiger partial charge in [0, 0.05) is 18.7 Å². The zero-order valence-corrected chi connectivity index (χ0v) is 14.2. The topological polar surface area (TPSA) is 91.0 Å². The molecule has 0 aliphatic carbocycles. The Bertz CT molecular complexity index is 781. The van der Waals surface area contributed by atoms with E-state index in [1.807, 2.05) is 24.0 Å². The maximum atomic E-state index is 12.8. The first-order valence-electron chi connectivity index (χ1n) is 8.27. The Kier molecular flexibility index (Phi) is 4.92. The van der Waals surface area contributed by atoms with Crippen molar-refractivity contribution in [2.75, 3.05) is 6.54 Å². The van der Waals surface area contributed by atoms with Gasteiger partial charge in [0.15, 0.2) is 5.82 Å². The monoisotopic (exact) mass is 339 g/mol. The first-order chi connectivity index (χ1) is 12.1. The Hall–Kier alpha value is -2.96. The molecule has 1 atom stereocenters. The van der Waals surface area contributed by atoms with Crippen LogP contribution in [0.1, 0.15) is 46.5 Å². The highest BCUT2D eigenvalue weighted by molar-refractivity contribution is 5.94. The van der Waals surface area contributed by atoms with Gasteiger partial charge in [0.2, 0.25) is 5.91 Å². The summed E-state index contributed by atoms with van der Waals surface area (Å²) in [4.78, 5) is 30.2. The highest BCUT2D eigenvalue weighted by Gasteiger charge is 2.33. The van der Waals surface area contributed by atoms with Crippen LogP contribution in [0.4, 0.5) is 0 Å². The minimum atomic E-state index is -0.221. The fourth-order valence-corrected chi connectivity index (χ4v) is 2.98. The molecular formula is C18H21N5O2. The Morgan fingerprint density at radius 3 is 2.80 bits per heavy atom. The fourth-order valence-electron chi connectivity index (χ4n) is 2.98. The molecule has 7 heteroatoms. The lowest BCUT2D eigenvalue weighted by Gasteiger charge is -2.22. The van der Waals surface area contributed by atoms with E-state index in [0.29, 0.717) is 24.5 Å². The van der Waals surface area contributed by atoms with Crippen molar-refractivity contribution in [3.05, 3.63) is 59.7 Å². The number of aromatic amines is 1. The van der Waals surface area contributed by atoms with Crippen molar-refractivity contribution in [3.63, 3.8) is 0 Å². The lowest BCUT2D eigenvalue weighted by Crippen LogP contribution is -2.31. The van der Waals surface area contributed by atoms with E-state index < -0.39 is 0 Å². The molecule has 130 valence electrons. The summed E-state index contributed by atoms with van der Waals surface area (Å²) in [6, 6.07) is 7.19. The summed E-state index contributed by atoms with van der Waals surface area (Å²) in [6.07, 6.45) is 3.04. The third-order valence-corrected chi connectivity index (χ3v) is 4.28. The number of aromatic nitrogens is 3. The quantitative estimate of drug-likeness (QED) is 0.814. The molecule has 1 saturated heterocycles. The maximum absolute atomic E-state index is 12.8.